The first-order valence-corrected chi connectivity index (χ1v) is 8.17. The van der Waals surface area contributed by atoms with E-state index < -0.39 is 0 Å². The smallest absolute Gasteiger partial charge is 0.238 e. The summed E-state index contributed by atoms with van der Waals surface area (Å²) in [6, 6.07) is 13.5. The van der Waals surface area contributed by atoms with Gasteiger partial charge < -0.3 is 15.4 Å². The predicted molar refractivity (Wildman–Crippen MR) is 98.6 cm³/mol. The Hall–Kier alpha value is -2.11. The van der Waals surface area contributed by atoms with Gasteiger partial charge in [-0.1, -0.05) is 18.2 Å². The molecule has 0 bridgehead atoms. The maximum Gasteiger partial charge on any atom is 0.238 e. The lowest BCUT2D eigenvalue weighted by atomic mass is 10.2. The molecule has 0 unspecified atom stereocenters. The molecule has 0 spiro atoms. The Balaban J connectivity index is 0.00000225. The molecule has 3 rings (SSSR count). The van der Waals surface area contributed by atoms with Crippen molar-refractivity contribution in [2.45, 2.75) is 19.4 Å². The highest BCUT2D eigenvalue weighted by Crippen LogP contribution is 2.27. The fourth-order valence-electron chi connectivity index (χ4n) is 2.37. The first-order chi connectivity index (χ1) is 11.7. The van der Waals surface area contributed by atoms with Gasteiger partial charge in [0.05, 0.1) is 6.54 Å². The molecule has 2 aromatic carbocycles. The molecule has 6 heteroatoms. The van der Waals surface area contributed by atoms with Crippen LogP contribution in [0.1, 0.15) is 18.4 Å². The number of halogens is 2. The zero-order valence-electron chi connectivity index (χ0n) is 13.8. The Morgan fingerprint density at radius 3 is 2.72 bits per heavy atom. The number of carbonyl (C=O) groups is 1. The molecule has 1 aliphatic rings. The van der Waals surface area contributed by atoms with Crippen molar-refractivity contribution in [3.05, 3.63) is 59.9 Å². The van der Waals surface area contributed by atoms with Crippen molar-refractivity contribution in [2.24, 2.45) is 5.92 Å². The zero-order valence-corrected chi connectivity index (χ0v) is 14.7. The molecule has 1 saturated carbocycles. The first kappa shape index (κ1) is 19.2. The van der Waals surface area contributed by atoms with Crippen molar-refractivity contribution >= 4 is 24.0 Å². The van der Waals surface area contributed by atoms with Gasteiger partial charge in [-0.3, -0.25) is 4.79 Å². The highest BCUT2D eigenvalue weighted by atomic mass is 35.5. The highest BCUT2D eigenvalue weighted by molar-refractivity contribution is 5.92. The van der Waals surface area contributed by atoms with Crippen LogP contribution in [0, 0.1) is 11.7 Å². The number of benzene rings is 2. The second-order valence-corrected chi connectivity index (χ2v) is 6.07. The van der Waals surface area contributed by atoms with Crippen molar-refractivity contribution in [3.8, 4) is 5.75 Å². The SMILES string of the molecule is Cl.O=C(CNCC1CC1)Nc1cccc(OCc2cccc(F)c2)c1. The molecule has 0 aromatic heterocycles. The fraction of sp³-hybridized carbons (Fsp3) is 0.316. The van der Waals surface area contributed by atoms with Crippen LogP contribution in [0.3, 0.4) is 0 Å². The number of ether oxygens (including phenoxy) is 1. The average molecular weight is 365 g/mol. The van der Waals surface area contributed by atoms with E-state index in [0.717, 1.165) is 18.0 Å². The van der Waals surface area contributed by atoms with E-state index in [2.05, 4.69) is 10.6 Å². The van der Waals surface area contributed by atoms with Crippen LogP contribution >= 0.6 is 12.4 Å². The topological polar surface area (TPSA) is 50.4 Å². The molecule has 0 radical (unpaired) electrons. The third kappa shape index (κ3) is 6.72. The van der Waals surface area contributed by atoms with E-state index in [1.165, 1.54) is 25.0 Å². The molecule has 0 saturated heterocycles. The van der Waals surface area contributed by atoms with Gasteiger partial charge in [-0.25, -0.2) is 4.39 Å². The maximum absolute atomic E-state index is 13.1. The van der Waals surface area contributed by atoms with Gasteiger partial charge >= 0.3 is 0 Å². The van der Waals surface area contributed by atoms with Gasteiger partial charge in [0.25, 0.3) is 0 Å². The van der Waals surface area contributed by atoms with Crippen LogP contribution in [0.4, 0.5) is 10.1 Å². The average Bonchev–Trinajstić information content (AvgIpc) is 3.38. The molecule has 25 heavy (non-hydrogen) atoms. The van der Waals surface area contributed by atoms with Crippen LogP contribution in [0.15, 0.2) is 48.5 Å². The maximum atomic E-state index is 13.1. The minimum Gasteiger partial charge on any atom is -0.489 e. The Kier molecular flexibility index (Phi) is 7.22. The summed E-state index contributed by atoms with van der Waals surface area (Å²) in [6.07, 6.45) is 2.53. The molecule has 0 atom stereocenters. The number of nitrogens with one attached hydrogen (secondary N) is 2. The molecule has 0 aliphatic heterocycles. The fourth-order valence-corrected chi connectivity index (χ4v) is 2.37. The number of anilines is 1. The lowest BCUT2D eigenvalue weighted by molar-refractivity contribution is -0.115. The van der Waals surface area contributed by atoms with Crippen molar-refractivity contribution in [2.75, 3.05) is 18.4 Å². The van der Waals surface area contributed by atoms with Crippen LogP contribution in [0.25, 0.3) is 0 Å². The number of hydrogen-bond donors (Lipinski definition) is 2. The summed E-state index contributed by atoms with van der Waals surface area (Å²) in [7, 11) is 0. The molecular weight excluding hydrogens is 343 g/mol. The molecule has 134 valence electrons. The minimum atomic E-state index is -0.282. The summed E-state index contributed by atoms with van der Waals surface area (Å²) < 4.78 is 18.8. The van der Waals surface area contributed by atoms with Gasteiger partial charge in [0, 0.05) is 11.8 Å². The van der Waals surface area contributed by atoms with E-state index in [1.807, 2.05) is 12.1 Å². The third-order valence-corrected chi connectivity index (χ3v) is 3.83. The van der Waals surface area contributed by atoms with E-state index in [-0.39, 0.29) is 30.7 Å². The monoisotopic (exact) mass is 364 g/mol. The molecular formula is C19H22ClFN2O2. The van der Waals surface area contributed by atoms with Gasteiger partial charge in [-0.15, -0.1) is 12.4 Å². The number of amides is 1. The summed E-state index contributed by atoms with van der Waals surface area (Å²) in [5.74, 6) is 1.02. The molecule has 2 aromatic rings. The molecule has 2 N–H and O–H groups in total. The van der Waals surface area contributed by atoms with Crippen LogP contribution in [0.2, 0.25) is 0 Å². The molecule has 0 heterocycles. The van der Waals surface area contributed by atoms with Gasteiger partial charge in [0.15, 0.2) is 0 Å². The van der Waals surface area contributed by atoms with Crippen LogP contribution in [-0.4, -0.2) is 19.0 Å². The largest absolute Gasteiger partial charge is 0.489 e. The third-order valence-electron chi connectivity index (χ3n) is 3.83. The van der Waals surface area contributed by atoms with Crippen LogP contribution in [0.5, 0.6) is 5.75 Å². The van der Waals surface area contributed by atoms with Gasteiger partial charge in [0.2, 0.25) is 5.91 Å². The number of carbonyl (C=O) groups excluding carboxylic acids is 1. The van der Waals surface area contributed by atoms with Crippen molar-refractivity contribution in [1.82, 2.24) is 5.32 Å². The van der Waals surface area contributed by atoms with Crippen molar-refractivity contribution in [3.63, 3.8) is 0 Å². The summed E-state index contributed by atoms with van der Waals surface area (Å²) in [6.45, 7) is 1.49. The van der Waals surface area contributed by atoms with Crippen LogP contribution in [-0.2, 0) is 11.4 Å². The van der Waals surface area contributed by atoms with Crippen molar-refractivity contribution < 1.29 is 13.9 Å². The number of rotatable bonds is 8. The Morgan fingerprint density at radius 2 is 1.96 bits per heavy atom. The summed E-state index contributed by atoms with van der Waals surface area (Å²) in [5.41, 5.74) is 1.44. The van der Waals surface area contributed by atoms with Gasteiger partial charge in [-0.2, -0.15) is 0 Å². The van der Waals surface area contributed by atoms with Gasteiger partial charge in [-0.05, 0) is 55.1 Å². The summed E-state index contributed by atoms with van der Waals surface area (Å²) in [4.78, 5) is 11.9. The first-order valence-electron chi connectivity index (χ1n) is 8.17. The summed E-state index contributed by atoms with van der Waals surface area (Å²) >= 11 is 0. The van der Waals surface area contributed by atoms with E-state index in [0.29, 0.717) is 18.0 Å². The standard InChI is InChI=1S/C19H21FN2O2.ClH/c20-16-4-1-3-15(9-16)13-24-18-6-2-5-17(10-18)22-19(23)12-21-11-14-7-8-14;/h1-6,9-10,14,21H,7-8,11-13H2,(H,22,23);1H. The molecule has 1 amide bonds. The van der Waals surface area contributed by atoms with Crippen molar-refractivity contribution in [1.29, 1.82) is 0 Å². The van der Waals surface area contributed by atoms with Crippen LogP contribution < -0.4 is 15.4 Å². The number of hydrogen-bond acceptors (Lipinski definition) is 3. The predicted octanol–water partition coefficient (Wildman–Crippen LogP) is 3.76. The Bertz CT molecular complexity index is 707. The lowest BCUT2D eigenvalue weighted by Gasteiger charge is -2.10. The Labute approximate surface area is 153 Å². The Morgan fingerprint density at radius 1 is 1.16 bits per heavy atom. The molecule has 1 aliphatic carbocycles. The quantitative estimate of drug-likeness (QED) is 0.749. The summed E-state index contributed by atoms with van der Waals surface area (Å²) in [5, 5.41) is 6.00. The highest BCUT2D eigenvalue weighted by Gasteiger charge is 2.20. The van der Waals surface area contributed by atoms with E-state index in [1.54, 1.807) is 24.3 Å². The van der Waals surface area contributed by atoms with E-state index >= 15 is 0 Å². The second-order valence-electron chi connectivity index (χ2n) is 6.07. The lowest BCUT2D eigenvalue weighted by Crippen LogP contribution is -2.29. The zero-order chi connectivity index (χ0) is 16.8. The van der Waals surface area contributed by atoms with E-state index in [9.17, 15) is 9.18 Å². The van der Waals surface area contributed by atoms with Gasteiger partial charge in [0.1, 0.15) is 18.2 Å². The normalized spacial score (nSPS) is 13.0. The second kappa shape index (κ2) is 9.39. The molecule has 4 nitrogen and oxygen atoms in total. The van der Waals surface area contributed by atoms with E-state index in [4.69, 9.17) is 4.74 Å². The molecule has 1 fully saturated rings. The minimum absolute atomic E-state index is 0.